The molecule has 18 bridgehead atoms. The molecule has 108 heavy (non-hydrogen) atoms. The molecule has 0 amide bonds. The predicted molar refractivity (Wildman–Crippen MR) is 446 cm³/mol. The Balaban J connectivity index is 1.15. The number of benzene rings is 15. The zero-order valence-electron chi connectivity index (χ0n) is 61.6. The van der Waals surface area contributed by atoms with Crippen LogP contribution in [-0.4, -0.2) is 122 Å². The lowest BCUT2D eigenvalue weighted by atomic mass is 9.90. The van der Waals surface area contributed by atoms with Crippen LogP contribution in [0.2, 0.25) is 0 Å². The van der Waals surface area contributed by atoms with E-state index in [0.29, 0.717) is 114 Å². The topological polar surface area (TPSA) is 111 Å². The number of hydrogen-bond acceptors (Lipinski definition) is 12. The highest BCUT2D eigenvalue weighted by Gasteiger charge is 2.19. The first-order valence-electron chi connectivity index (χ1n) is 36.7. The summed E-state index contributed by atoms with van der Waals surface area (Å²) in [5.74, 6) is 4.17. The van der Waals surface area contributed by atoms with Gasteiger partial charge in [-0.1, -0.05) is 146 Å². The molecule has 0 aliphatic carbocycles. The van der Waals surface area contributed by atoms with E-state index in [4.69, 9.17) is 56.8 Å². The van der Waals surface area contributed by atoms with E-state index in [0.717, 1.165) is 162 Å². The third-order valence-electron chi connectivity index (χ3n) is 20.3. The first kappa shape index (κ1) is 70.7. The Bertz CT molecular complexity index is 5220. The van der Waals surface area contributed by atoms with Gasteiger partial charge in [-0.25, -0.2) is 0 Å². The monoisotopic (exact) mass is 1430 g/mol. The minimum atomic E-state index is 0.338. The molecule has 0 aromatic heterocycles. The molecule has 19 aromatic carbocycles. The van der Waals surface area contributed by atoms with Crippen LogP contribution in [0.4, 0.5) is 0 Å². The van der Waals surface area contributed by atoms with E-state index in [1.807, 2.05) is 0 Å². The number of rotatable bonds is 24. The maximum Gasteiger partial charge on any atom is 0.120 e. The average Bonchev–Trinajstić information content (AvgIpc) is 0.738. The number of hydrogen-bond donors (Lipinski definition) is 0. The van der Waals surface area contributed by atoms with Crippen molar-refractivity contribution in [3.05, 3.63) is 255 Å². The Kier molecular flexibility index (Phi) is 21.1. The predicted octanol–water partition coefficient (Wildman–Crippen LogP) is 22.5. The first-order valence-corrected chi connectivity index (χ1v) is 36.7. The molecule has 0 spiro atoms. The van der Waals surface area contributed by atoms with Gasteiger partial charge in [-0.05, 0) is 271 Å². The molecule has 0 saturated carbocycles. The fraction of sp³-hybridized carbons (Fsp3) is 0.188. The standard InChI is InChI=1S/C96H84O12/c1-97-31-37-103-73-49-61-43-67(55-73)91-79-19-7-9-21-81(79)93(82-22-10-8-20-80(82)91)69-45-63(51-75(57-69)105-39-33-99-3)64-46-71(59-76(52-64)106-40-34-100-4)95-87-27-15-17-29-89(87)96(90-30-18-16-28-88(90)95)72-48-66(54-78(60-72)108-42-36-102-6)65-47-70(58-77(53-65)107-41-35-101-5)94-85-25-13-11-23-83(85)92(84-24-12-14-26-86(84)94)68-44-62(61)50-74(56-68)104-38-32-98-2/h7-30,43-60H,31-42H2,1-6H3. The third-order valence-corrected chi connectivity index (χ3v) is 20.3. The summed E-state index contributed by atoms with van der Waals surface area (Å²) in [7, 11) is 10.2. The van der Waals surface area contributed by atoms with Crippen LogP contribution < -0.4 is 28.4 Å². The van der Waals surface area contributed by atoms with E-state index in [2.05, 4.69) is 255 Å². The van der Waals surface area contributed by atoms with Crippen molar-refractivity contribution in [3.63, 3.8) is 0 Å². The normalized spacial score (nSPS) is 11.7. The van der Waals surface area contributed by atoms with Crippen LogP contribution in [0.5, 0.6) is 34.5 Å². The van der Waals surface area contributed by atoms with Gasteiger partial charge in [-0.15, -0.1) is 0 Å². The molecule has 0 saturated heterocycles. The zero-order valence-corrected chi connectivity index (χ0v) is 61.6. The van der Waals surface area contributed by atoms with E-state index in [9.17, 15) is 0 Å². The van der Waals surface area contributed by atoms with Gasteiger partial charge in [0.1, 0.15) is 74.1 Å². The Hall–Kier alpha value is -11.6. The van der Waals surface area contributed by atoms with E-state index in [1.165, 1.54) is 0 Å². The van der Waals surface area contributed by atoms with Crippen LogP contribution in [0.25, 0.3) is 162 Å². The highest BCUT2D eigenvalue weighted by Crippen LogP contribution is 2.46. The number of methoxy groups -OCH3 is 6. The van der Waals surface area contributed by atoms with E-state index in [-0.39, 0.29) is 0 Å². The molecule has 0 heterocycles. The SMILES string of the molecule is COCCOc1cc2cc(c1)c1c3ccccc3c(c3cc(OCCOC)cc(c3)c3cc(OCCOC)cc(c3)c3c4ccccc4c(c4cc(OCCOC)cc(c4)c4cc(OCCOC)cc(c4)c4c5ccccc5c(c5cc(OCCOC)cc2c5)c2ccccc24)c2ccccc23)c2ccccc21. The van der Waals surface area contributed by atoms with Gasteiger partial charge in [-0.3, -0.25) is 0 Å². The summed E-state index contributed by atoms with van der Waals surface area (Å²) in [4.78, 5) is 0. The van der Waals surface area contributed by atoms with Crippen molar-refractivity contribution in [3.8, 4) is 34.5 Å². The molecule has 19 aromatic rings. The molecular formula is C96H84O12. The van der Waals surface area contributed by atoms with Gasteiger partial charge in [0.05, 0.1) is 39.6 Å². The van der Waals surface area contributed by atoms with Gasteiger partial charge in [-0.2, -0.15) is 0 Å². The van der Waals surface area contributed by atoms with Gasteiger partial charge in [0, 0.05) is 42.7 Å². The summed E-state index contributed by atoms with van der Waals surface area (Å²) >= 11 is 0. The summed E-state index contributed by atoms with van der Waals surface area (Å²) in [5.41, 5.74) is 0. The van der Waals surface area contributed by atoms with Crippen LogP contribution >= 0.6 is 0 Å². The molecule has 0 aliphatic heterocycles. The fourth-order valence-corrected chi connectivity index (χ4v) is 15.7. The summed E-state index contributed by atoms with van der Waals surface area (Å²) < 4.78 is 74.4. The second-order valence-corrected chi connectivity index (χ2v) is 27.0. The van der Waals surface area contributed by atoms with Crippen LogP contribution in [0.3, 0.4) is 0 Å². The minimum absolute atomic E-state index is 0.338. The van der Waals surface area contributed by atoms with Crippen molar-refractivity contribution in [1.82, 2.24) is 0 Å². The van der Waals surface area contributed by atoms with Crippen LogP contribution in [-0.2, 0) is 28.4 Å². The second-order valence-electron chi connectivity index (χ2n) is 27.0. The molecule has 0 fully saturated rings. The van der Waals surface area contributed by atoms with Crippen molar-refractivity contribution in [1.29, 1.82) is 0 Å². The summed E-state index contributed by atoms with van der Waals surface area (Å²) in [6, 6.07) is 92.2. The first-order chi connectivity index (χ1) is 53.3. The van der Waals surface area contributed by atoms with Crippen molar-refractivity contribution < 1.29 is 56.8 Å². The quantitative estimate of drug-likeness (QED) is 0.0424. The number of ether oxygens (including phenoxy) is 12. The van der Waals surface area contributed by atoms with Crippen LogP contribution in [0.1, 0.15) is 0 Å². The molecule has 0 unspecified atom stereocenters. The molecule has 12 nitrogen and oxygen atoms in total. The third kappa shape index (κ3) is 14.3. The van der Waals surface area contributed by atoms with Crippen LogP contribution in [0, 0.1) is 0 Å². The smallest absolute Gasteiger partial charge is 0.120 e. The highest BCUT2D eigenvalue weighted by molar-refractivity contribution is 6.36. The molecule has 0 radical (unpaired) electrons. The van der Waals surface area contributed by atoms with Crippen molar-refractivity contribution in [2.75, 3.05) is 122 Å². The molecule has 0 atom stereocenters. The molecule has 540 valence electrons. The highest BCUT2D eigenvalue weighted by atomic mass is 16.5. The van der Waals surface area contributed by atoms with Crippen molar-refractivity contribution in [2.45, 2.75) is 0 Å². The second kappa shape index (κ2) is 32.2. The van der Waals surface area contributed by atoms with Crippen LogP contribution in [0.15, 0.2) is 255 Å². The Morgan fingerprint density at radius 3 is 0.389 bits per heavy atom. The van der Waals surface area contributed by atoms with Crippen molar-refractivity contribution in [2.24, 2.45) is 0 Å². The maximum absolute atomic E-state index is 6.77. The average molecular weight is 1430 g/mol. The maximum atomic E-state index is 6.77. The summed E-state index contributed by atoms with van der Waals surface area (Å²) in [6.07, 6.45) is 0. The molecular weight excluding hydrogens is 1350 g/mol. The Morgan fingerprint density at radius 2 is 0.269 bits per heavy atom. The van der Waals surface area contributed by atoms with E-state index >= 15 is 0 Å². The van der Waals surface area contributed by atoms with Gasteiger partial charge in [0.2, 0.25) is 0 Å². The van der Waals surface area contributed by atoms with E-state index < -0.39 is 0 Å². The van der Waals surface area contributed by atoms with E-state index in [1.54, 1.807) is 42.7 Å². The Morgan fingerprint density at radius 1 is 0.148 bits per heavy atom. The summed E-state index contributed by atoms with van der Waals surface area (Å²) in [6.45, 7) is 4.43. The molecule has 0 aliphatic rings. The van der Waals surface area contributed by atoms with Gasteiger partial charge in [0.15, 0.2) is 0 Å². The van der Waals surface area contributed by atoms with Gasteiger partial charge >= 0.3 is 0 Å². The fourth-order valence-electron chi connectivity index (χ4n) is 15.7. The molecule has 12 heteroatoms. The zero-order chi connectivity index (χ0) is 73.5. The van der Waals surface area contributed by atoms with Crippen molar-refractivity contribution >= 4 is 162 Å². The largest absolute Gasteiger partial charge is 0.491 e. The van der Waals surface area contributed by atoms with Gasteiger partial charge < -0.3 is 56.8 Å². The summed E-state index contributed by atoms with van der Waals surface area (Å²) in [5, 5.41) is 30.6. The van der Waals surface area contributed by atoms with Gasteiger partial charge in [0.25, 0.3) is 0 Å². The molecule has 0 N–H and O–H groups in total. The lowest BCUT2D eigenvalue weighted by molar-refractivity contribution is 0.146. The lowest BCUT2D eigenvalue weighted by Gasteiger charge is -2.15. The Labute approximate surface area is 626 Å². The molecule has 19 rings (SSSR count). The lowest BCUT2D eigenvalue weighted by Crippen LogP contribution is -2.04. The minimum Gasteiger partial charge on any atom is -0.491 e.